The zero-order valence-electron chi connectivity index (χ0n) is 30.6. The van der Waals surface area contributed by atoms with Gasteiger partial charge in [-0.15, -0.1) is 0 Å². The molecule has 0 spiro atoms. The van der Waals surface area contributed by atoms with E-state index in [-0.39, 0.29) is 45.6 Å². The zero-order valence-corrected chi connectivity index (χ0v) is 30.6. The molecule has 0 amide bonds. The molecule has 3 heterocycles. The predicted octanol–water partition coefficient (Wildman–Crippen LogP) is -0.389. The SMILES string of the molecule is COc1cc(C=CC(=O)OC2C(CO)OC(OCC3OC(OC4=Cc5c(O)cc(O)cc5OC4c4ccc(O)c(O)c4)C(O)C(O)C3O)C(O)C2O)cc(OC)c1O. The van der Waals surface area contributed by atoms with Crippen LogP contribution in [0.5, 0.6) is 46.0 Å². The molecule has 3 aromatic rings. The van der Waals surface area contributed by atoms with Crippen molar-refractivity contribution in [1.82, 2.24) is 0 Å². The fourth-order valence-corrected chi connectivity index (χ4v) is 6.43. The number of methoxy groups -OCH3 is 2. The van der Waals surface area contributed by atoms with Crippen LogP contribution in [0.3, 0.4) is 0 Å². The molecule has 3 aliphatic heterocycles. The Balaban J connectivity index is 1.13. The van der Waals surface area contributed by atoms with Gasteiger partial charge >= 0.3 is 5.97 Å². The van der Waals surface area contributed by atoms with Crippen LogP contribution in [0, 0.1) is 0 Å². The standard InChI is InChI=1S/C38H42O20/c1-51-23-7-15(8-24(52-2)29(23)45)3-6-28(44)58-36-26(13-39)56-37(34(50)32(36)48)53-14-27-30(46)31(47)33(49)38(57-27)55-25-12-18-20(42)10-17(40)11-22(18)54-35(25)16-4-5-19(41)21(43)9-16/h3-12,26-27,30-43,45-50H,13-14H2,1-2H3. The Kier molecular flexibility index (Phi) is 12.7. The molecule has 314 valence electrons. The van der Waals surface area contributed by atoms with Gasteiger partial charge in [-0.25, -0.2) is 4.79 Å². The van der Waals surface area contributed by atoms with E-state index in [2.05, 4.69) is 0 Å². The lowest BCUT2D eigenvalue weighted by Crippen LogP contribution is -2.62. The van der Waals surface area contributed by atoms with Crippen LogP contribution >= 0.6 is 0 Å². The zero-order chi connectivity index (χ0) is 42.0. The number of phenolic OH excluding ortho intramolecular Hbond substituents is 5. The van der Waals surface area contributed by atoms with Gasteiger partial charge in [-0.2, -0.15) is 0 Å². The molecule has 0 aliphatic carbocycles. The summed E-state index contributed by atoms with van der Waals surface area (Å²) in [6, 6.07) is 8.73. The average molecular weight is 819 g/mol. The second-order valence-corrected chi connectivity index (χ2v) is 13.4. The Hall–Kier alpha value is -5.55. The number of rotatable bonds is 12. The van der Waals surface area contributed by atoms with E-state index >= 15 is 0 Å². The van der Waals surface area contributed by atoms with Crippen LogP contribution in [0.25, 0.3) is 12.2 Å². The summed E-state index contributed by atoms with van der Waals surface area (Å²) in [5, 5.41) is 115. The number of fused-ring (bicyclic) bond motifs is 1. The first kappa shape index (κ1) is 42.1. The van der Waals surface area contributed by atoms with E-state index < -0.39 is 104 Å². The van der Waals surface area contributed by atoms with Gasteiger partial charge in [0.1, 0.15) is 65.7 Å². The van der Waals surface area contributed by atoms with Gasteiger partial charge < -0.3 is 94.1 Å². The summed E-state index contributed by atoms with van der Waals surface area (Å²) in [5.74, 6) is -3.05. The van der Waals surface area contributed by atoms with E-state index in [9.17, 15) is 61.0 Å². The molecule has 0 aromatic heterocycles. The number of ether oxygens (including phenoxy) is 8. The number of hydrogen-bond acceptors (Lipinski definition) is 20. The van der Waals surface area contributed by atoms with Crippen LogP contribution in [0.1, 0.15) is 22.8 Å². The number of aliphatic hydroxyl groups excluding tert-OH is 6. The third kappa shape index (κ3) is 8.65. The Bertz CT molecular complexity index is 1990. The topological polar surface area (TPSA) is 313 Å². The highest BCUT2D eigenvalue weighted by atomic mass is 16.7. The van der Waals surface area contributed by atoms with Crippen molar-refractivity contribution in [2.45, 2.75) is 67.5 Å². The first-order valence-electron chi connectivity index (χ1n) is 17.5. The summed E-state index contributed by atoms with van der Waals surface area (Å²) < 4.78 is 44.4. The smallest absolute Gasteiger partial charge is 0.331 e. The molecule has 2 fully saturated rings. The summed E-state index contributed by atoms with van der Waals surface area (Å²) in [7, 11) is 2.64. The minimum atomic E-state index is -1.92. The van der Waals surface area contributed by atoms with E-state index in [1.54, 1.807) is 0 Å². The van der Waals surface area contributed by atoms with Crippen LogP contribution in [-0.4, -0.2) is 151 Å². The maximum absolute atomic E-state index is 12.7. The van der Waals surface area contributed by atoms with Gasteiger partial charge in [0.15, 0.2) is 41.5 Å². The number of esters is 1. The van der Waals surface area contributed by atoms with Gasteiger partial charge in [-0.05, 0) is 42.0 Å². The first-order chi connectivity index (χ1) is 27.6. The minimum absolute atomic E-state index is 0.00619. The van der Waals surface area contributed by atoms with Gasteiger partial charge in [0.05, 0.1) is 33.0 Å². The summed E-state index contributed by atoms with van der Waals surface area (Å²) >= 11 is 0. The molecule has 3 aromatic carbocycles. The van der Waals surface area contributed by atoms with Crippen molar-refractivity contribution in [2.24, 2.45) is 0 Å². The average Bonchev–Trinajstić information content (AvgIpc) is 3.20. The Labute approximate surface area is 328 Å². The molecule has 2 saturated heterocycles. The molecule has 0 saturated carbocycles. The van der Waals surface area contributed by atoms with E-state index in [0.29, 0.717) is 5.56 Å². The van der Waals surface area contributed by atoms with Crippen molar-refractivity contribution in [3.05, 3.63) is 71.0 Å². The minimum Gasteiger partial charge on any atom is -0.508 e. The van der Waals surface area contributed by atoms with Gasteiger partial charge in [-0.1, -0.05) is 6.07 Å². The third-order valence-corrected chi connectivity index (χ3v) is 9.53. The lowest BCUT2D eigenvalue weighted by Gasteiger charge is -2.43. The van der Waals surface area contributed by atoms with Gasteiger partial charge in [0.2, 0.25) is 12.0 Å². The van der Waals surface area contributed by atoms with Crippen LogP contribution < -0.4 is 14.2 Å². The lowest BCUT2D eigenvalue weighted by atomic mass is 9.98. The van der Waals surface area contributed by atoms with Crippen molar-refractivity contribution in [3.8, 4) is 46.0 Å². The van der Waals surface area contributed by atoms with Gasteiger partial charge in [0, 0.05) is 23.8 Å². The molecule has 6 rings (SSSR count). The van der Waals surface area contributed by atoms with Crippen molar-refractivity contribution < 1.29 is 98.9 Å². The molecule has 11 atom stereocenters. The van der Waals surface area contributed by atoms with E-state index in [0.717, 1.165) is 18.2 Å². The molecule has 20 nitrogen and oxygen atoms in total. The fourth-order valence-electron chi connectivity index (χ4n) is 6.43. The number of phenols is 5. The lowest BCUT2D eigenvalue weighted by molar-refractivity contribution is -0.328. The largest absolute Gasteiger partial charge is 0.508 e. The van der Waals surface area contributed by atoms with Crippen molar-refractivity contribution in [3.63, 3.8) is 0 Å². The molecule has 0 bridgehead atoms. The van der Waals surface area contributed by atoms with Gasteiger partial charge in [-0.3, -0.25) is 0 Å². The number of benzene rings is 3. The summed E-state index contributed by atoms with van der Waals surface area (Å²) in [6.07, 6.45) is -15.2. The number of aliphatic hydroxyl groups is 6. The third-order valence-electron chi connectivity index (χ3n) is 9.53. The highest BCUT2D eigenvalue weighted by Gasteiger charge is 2.50. The number of carbonyl (C=O) groups excluding carboxylic acids is 1. The number of carbonyl (C=O) groups is 1. The van der Waals surface area contributed by atoms with E-state index in [4.69, 9.17) is 37.9 Å². The maximum atomic E-state index is 12.7. The molecular weight excluding hydrogens is 776 g/mol. The monoisotopic (exact) mass is 818 g/mol. The Morgan fingerprint density at radius 1 is 0.759 bits per heavy atom. The number of aromatic hydroxyl groups is 5. The van der Waals surface area contributed by atoms with E-state index in [1.807, 2.05) is 0 Å². The van der Waals surface area contributed by atoms with Crippen molar-refractivity contribution >= 4 is 18.1 Å². The van der Waals surface area contributed by atoms with Crippen LogP contribution in [-0.2, 0) is 28.5 Å². The highest BCUT2D eigenvalue weighted by molar-refractivity contribution is 5.87. The van der Waals surface area contributed by atoms with Crippen molar-refractivity contribution in [1.29, 1.82) is 0 Å². The molecule has 58 heavy (non-hydrogen) atoms. The molecule has 11 N–H and O–H groups in total. The summed E-state index contributed by atoms with van der Waals surface area (Å²) in [6.45, 7) is -1.51. The summed E-state index contributed by atoms with van der Waals surface area (Å²) in [5.41, 5.74) is 0.595. The Morgan fingerprint density at radius 3 is 2.09 bits per heavy atom. The highest BCUT2D eigenvalue weighted by Crippen LogP contribution is 2.45. The molecular formula is C38H42O20. The van der Waals surface area contributed by atoms with Crippen LogP contribution in [0.2, 0.25) is 0 Å². The van der Waals surface area contributed by atoms with E-state index in [1.165, 1.54) is 56.7 Å². The number of hydrogen-bond donors (Lipinski definition) is 11. The molecule has 20 heteroatoms. The molecule has 3 aliphatic rings. The predicted molar refractivity (Wildman–Crippen MR) is 192 cm³/mol. The van der Waals surface area contributed by atoms with Crippen LogP contribution in [0.4, 0.5) is 0 Å². The molecule has 0 radical (unpaired) electrons. The second-order valence-electron chi connectivity index (χ2n) is 13.4. The van der Waals surface area contributed by atoms with Crippen molar-refractivity contribution in [2.75, 3.05) is 27.4 Å². The first-order valence-corrected chi connectivity index (χ1v) is 17.5. The quantitative estimate of drug-likeness (QED) is 0.0630. The second kappa shape index (κ2) is 17.5. The molecule has 11 unspecified atom stereocenters. The van der Waals surface area contributed by atoms with Crippen LogP contribution in [0.15, 0.2) is 54.3 Å². The fraction of sp³-hybridized carbons (Fsp3) is 0.395. The normalized spacial score (nSPS) is 29.5. The maximum Gasteiger partial charge on any atom is 0.331 e. The van der Waals surface area contributed by atoms with Gasteiger partial charge in [0.25, 0.3) is 0 Å². The Morgan fingerprint density at radius 2 is 1.43 bits per heavy atom. The summed E-state index contributed by atoms with van der Waals surface area (Å²) in [4.78, 5) is 12.7.